The van der Waals surface area contributed by atoms with E-state index in [1.54, 1.807) is 17.0 Å². The normalized spacial score (nSPS) is 24.3. The van der Waals surface area contributed by atoms with Gasteiger partial charge in [-0.05, 0) is 57.2 Å². The van der Waals surface area contributed by atoms with Gasteiger partial charge in [0.05, 0.1) is 24.0 Å². The Morgan fingerprint density at radius 1 is 1.12 bits per heavy atom. The van der Waals surface area contributed by atoms with Gasteiger partial charge in [0.1, 0.15) is 11.8 Å². The molecule has 0 N–H and O–H groups in total. The van der Waals surface area contributed by atoms with Crippen molar-refractivity contribution in [1.29, 1.82) is 0 Å². The molecule has 0 radical (unpaired) electrons. The number of alkyl halides is 3. The number of piperidine rings is 2. The van der Waals surface area contributed by atoms with Crippen molar-refractivity contribution in [3.63, 3.8) is 0 Å². The number of pyridine rings is 2. The van der Waals surface area contributed by atoms with Crippen molar-refractivity contribution in [2.24, 2.45) is 5.92 Å². The lowest BCUT2D eigenvalue weighted by atomic mass is 9.73. The molecule has 11 heteroatoms. The Balaban J connectivity index is 1.43. The van der Waals surface area contributed by atoms with E-state index in [2.05, 4.69) is 20.2 Å². The van der Waals surface area contributed by atoms with Crippen LogP contribution >= 0.6 is 0 Å². The number of hydrogen-bond donors (Lipinski definition) is 0. The van der Waals surface area contributed by atoms with Gasteiger partial charge in [-0.3, -0.25) is 4.79 Å². The summed E-state index contributed by atoms with van der Waals surface area (Å²) < 4.78 is 44.6. The maximum atomic E-state index is 13.8. The lowest BCUT2D eigenvalue weighted by Gasteiger charge is -2.53. The summed E-state index contributed by atoms with van der Waals surface area (Å²) in [6.07, 6.45) is 1.36. The second kappa shape index (κ2) is 8.37. The molecule has 4 unspecified atom stereocenters. The molecule has 2 saturated heterocycles. The number of carbonyl (C=O) groups excluding carboxylic acids is 1. The van der Waals surface area contributed by atoms with Crippen molar-refractivity contribution in [3.05, 3.63) is 59.8 Å². The highest BCUT2D eigenvalue weighted by atomic mass is 19.4. The zero-order valence-electron chi connectivity index (χ0n) is 18.6. The molecule has 3 fully saturated rings. The highest BCUT2D eigenvalue weighted by Gasteiger charge is 2.49. The van der Waals surface area contributed by atoms with Gasteiger partial charge in [-0.15, -0.1) is 4.80 Å². The first-order valence-corrected chi connectivity index (χ1v) is 11.1. The number of halogens is 3. The second-order valence-corrected chi connectivity index (χ2v) is 8.77. The van der Waals surface area contributed by atoms with Gasteiger partial charge in [0.15, 0.2) is 5.69 Å². The number of aromatic nitrogens is 5. The number of ether oxygens (including phenoxy) is 1. The van der Waals surface area contributed by atoms with Gasteiger partial charge in [0, 0.05) is 24.0 Å². The van der Waals surface area contributed by atoms with Crippen LogP contribution in [0.15, 0.2) is 42.9 Å². The zero-order chi connectivity index (χ0) is 24.0. The molecule has 1 saturated carbocycles. The SMILES string of the molecule is Cc1ccc(-n2nccn2)c(C(=O)N2C(C)C3CCC2C(Oc2ccc(C(F)(F)F)cn2)C3)n1. The second-order valence-electron chi connectivity index (χ2n) is 8.77. The van der Waals surface area contributed by atoms with Crippen LogP contribution in [-0.4, -0.2) is 54.0 Å². The minimum absolute atomic E-state index is 0.0348. The van der Waals surface area contributed by atoms with Gasteiger partial charge in [-0.25, -0.2) is 9.97 Å². The molecule has 2 bridgehead atoms. The van der Waals surface area contributed by atoms with E-state index in [9.17, 15) is 18.0 Å². The fraction of sp³-hybridized carbons (Fsp3) is 0.435. The Labute approximate surface area is 193 Å². The standard InChI is InChI=1S/C23H23F3N6O2/c1-13-3-6-18(32-28-9-10-29-32)21(30-13)22(33)31-14(2)15-4-7-17(31)19(11-15)34-20-8-5-16(12-27-20)23(24,25)26/h3,5-6,8-10,12,14-15,17,19H,4,7,11H2,1-2H3. The van der Waals surface area contributed by atoms with Gasteiger partial charge in [-0.1, -0.05) is 0 Å². The molecule has 2 aliphatic heterocycles. The first-order valence-electron chi connectivity index (χ1n) is 11.1. The van der Waals surface area contributed by atoms with Crippen molar-refractivity contribution in [3.8, 4) is 11.6 Å². The van der Waals surface area contributed by atoms with Crippen molar-refractivity contribution in [2.45, 2.75) is 57.5 Å². The van der Waals surface area contributed by atoms with Crippen LogP contribution in [-0.2, 0) is 6.18 Å². The van der Waals surface area contributed by atoms with E-state index in [0.29, 0.717) is 17.8 Å². The third-order valence-electron chi connectivity index (χ3n) is 6.70. The number of fused-ring (bicyclic) bond motifs is 3. The summed E-state index contributed by atoms with van der Waals surface area (Å²) >= 11 is 0. The molecule has 3 aliphatic rings. The molecule has 178 valence electrons. The van der Waals surface area contributed by atoms with Gasteiger partial charge in [0.2, 0.25) is 5.88 Å². The van der Waals surface area contributed by atoms with Gasteiger partial charge < -0.3 is 9.64 Å². The molecule has 1 amide bonds. The Morgan fingerprint density at radius 3 is 2.56 bits per heavy atom. The highest BCUT2D eigenvalue weighted by Crippen LogP contribution is 2.42. The predicted molar refractivity (Wildman–Crippen MR) is 114 cm³/mol. The van der Waals surface area contributed by atoms with E-state index in [-0.39, 0.29) is 41.6 Å². The van der Waals surface area contributed by atoms with Crippen molar-refractivity contribution >= 4 is 5.91 Å². The molecule has 3 aromatic rings. The quantitative estimate of drug-likeness (QED) is 0.574. The molecule has 5 heterocycles. The molecule has 4 atom stereocenters. The number of carbonyl (C=O) groups is 1. The molecule has 0 spiro atoms. The number of hydrogen-bond acceptors (Lipinski definition) is 6. The first kappa shape index (κ1) is 22.3. The summed E-state index contributed by atoms with van der Waals surface area (Å²) in [6.45, 7) is 3.83. The minimum atomic E-state index is -4.46. The smallest absolute Gasteiger partial charge is 0.417 e. The third-order valence-corrected chi connectivity index (χ3v) is 6.70. The van der Waals surface area contributed by atoms with Crippen LogP contribution in [0.4, 0.5) is 13.2 Å². The molecule has 34 heavy (non-hydrogen) atoms. The van der Waals surface area contributed by atoms with Crippen LogP contribution in [0.2, 0.25) is 0 Å². The summed E-state index contributed by atoms with van der Waals surface area (Å²) in [5.41, 5.74) is 0.592. The number of amides is 1. The van der Waals surface area contributed by atoms with E-state index in [1.165, 1.54) is 23.3 Å². The molecular formula is C23H23F3N6O2. The Bertz CT molecular complexity index is 1180. The van der Waals surface area contributed by atoms with Gasteiger partial charge in [0.25, 0.3) is 5.91 Å². The topological polar surface area (TPSA) is 86.0 Å². The van der Waals surface area contributed by atoms with Gasteiger partial charge in [-0.2, -0.15) is 23.4 Å². The minimum Gasteiger partial charge on any atom is -0.472 e. The van der Waals surface area contributed by atoms with E-state index in [0.717, 1.165) is 25.1 Å². The number of rotatable bonds is 4. The van der Waals surface area contributed by atoms with Crippen molar-refractivity contribution in [2.75, 3.05) is 0 Å². The van der Waals surface area contributed by atoms with Gasteiger partial charge >= 0.3 is 6.18 Å². The zero-order valence-corrected chi connectivity index (χ0v) is 18.6. The lowest BCUT2D eigenvalue weighted by molar-refractivity contribution is -0.137. The lowest BCUT2D eigenvalue weighted by Crippen LogP contribution is -2.63. The van der Waals surface area contributed by atoms with Crippen LogP contribution in [0.3, 0.4) is 0 Å². The van der Waals surface area contributed by atoms with Crippen LogP contribution < -0.4 is 4.74 Å². The maximum absolute atomic E-state index is 13.8. The van der Waals surface area contributed by atoms with E-state index >= 15 is 0 Å². The van der Waals surface area contributed by atoms with Crippen molar-refractivity contribution < 1.29 is 22.7 Å². The Hall–Kier alpha value is -3.50. The summed E-state index contributed by atoms with van der Waals surface area (Å²) in [6, 6.07) is 5.45. The third kappa shape index (κ3) is 3.99. The average molecular weight is 472 g/mol. The predicted octanol–water partition coefficient (Wildman–Crippen LogP) is 3.85. The summed E-state index contributed by atoms with van der Waals surface area (Å²) in [7, 11) is 0. The monoisotopic (exact) mass is 472 g/mol. The van der Waals surface area contributed by atoms with E-state index in [1.807, 2.05) is 13.8 Å². The fourth-order valence-corrected chi connectivity index (χ4v) is 5.00. The molecule has 6 rings (SSSR count). The van der Waals surface area contributed by atoms with Crippen LogP contribution in [0.25, 0.3) is 5.69 Å². The highest BCUT2D eigenvalue weighted by molar-refractivity contribution is 5.96. The van der Waals surface area contributed by atoms with Crippen LogP contribution in [0, 0.1) is 12.8 Å². The Kier molecular flexibility index (Phi) is 5.49. The maximum Gasteiger partial charge on any atom is 0.417 e. The number of nitrogens with zero attached hydrogens (tertiary/aromatic N) is 6. The van der Waals surface area contributed by atoms with E-state index < -0.39 is 11.7 Å². The Morgan fingerprint density at radius 2 is 1.88 bits per heavy atom. The molecule has 1 aliphatic carbocycles. The average Bonchev–Trinajstić information content (AvgIpc) is 3.34. The first-order chi connectivity index (χ1) is 16.2. The van der Waals surface area contributed by atoms with Crippen molar-refractivity contribution in [1.82, 2.24) is 29.9 Å². The van der Waals surface area contributed by atoms with E-state index in [4.69, 9.17) is 4.74 Å². The number of aryl methyl sites for hydroxylation is 1. The molecule has 0 aromatic carbocycles. The molecular weight excluding hydrogens is 449 g/mol. The summed E-state index contributed by atoms with van der Waals surface area (Å²) in [5.74, 6) is 0.0667. The summed E-state index contributed by atoms with van der Waals surface area (Å²) in [5, 5.41) is 8.30. The molecule has 3 aromatic heterocycles. The largest absolute Gasteiger partial charge is 0.472 e. The molecule has 8 nitrogen and oxygen atoms in total. The van der Waals surface area contributed by atoms with Crippen LogP contribution in [0.1, 0.15) is 47.9 Å². The fourth-order valence-electron chi connectivity index (χ4n) is 5.00. The summed E-state index contributed by atoms with van der Waals surface area (Å²) in [4.78, 5) is 25.4. The van der Waals surface area contributed by atoms with Crippen LogP contribution in [0.5, 0.6) is 5.88 Å².